The minimum absolute atomic E-state index is 0.111. The van der Waals surface area contributed by atoms with E-state index in [-0.39, 0.29) is 11.9 Å². The summed E-state index contributed by atoms with van der Waals surface area (Å²) in [4.78, 5) is 13.7. The molecule has 0 spiro atoms. The fourth-order valence-corrected chi connectivity index (χ4v) is 1.73. The zero-order valence-corrected chi connectivity index (χ0v) is 9.12. The molecule has 0 aromatic rings. The Morgan fingerprint density at radius 2 is 2.00 bits per heavy atom. The maximum Gasteiger partial charge on any atom is 0.239 e. The molecule has 1 aliphatic heterocycles. The van der Waals surface area contributed by atoms with Gasteiger partial charge in [-0.05, 0) is 12.3 Å². The van der Waals surface area contributed by atoms with E-state index >= 15 is 0 Å². The number of amides is 1. The third-order valence-corrected chi connectivity index (χ3v) is 2.47. The van der Waals surface area contributed by atoms with Gasteiger partial charge in [0.2, 0.25) is 5.91 Å². The summed E-state index contributed by atoms with van der Waals surface area (Å²) in [5, 5.41) is 3.21. The Morgan fingerprint density at radius 3 is 2.50 bits per heavy atom. The van der Waals surface area contributed by atoms with Gasteiger partial charge in [-0.3, -0.25) is 4.79 Å². The molecule has 1 saturated heterocycles. The highest BCUT2D eigenvalue weighted by Gasteiger charge is 2.22. The van der Waals surface area contributed by atoms with Crippen LogP contribution < -0.4 is 11.1 Å². The van der Waals surface area contributed by atoms with Crippen LogP contribution in [-0.2, 0) is 4.79 Å². The van der Waals surface area contributed by atoms with Crippen LogP contribution in [0.4, 0.5) is 0 Å². The minimum atomic E-state index is -0.312. The van der Waals surface area contributed by atoms with Gasteiger partial charge in [-0.25, -0.2) is 0 Å². The van der Waals surface area contributed by atoms with Crippen molar-refractivity contribution in [2.24, 2.45) is 11.7 Å². The van der Waals surface area contributed by atoms with E-state index < -0.39 is 0 Å². The summed E-state index contributed by atoms with van der Waals surface area (Å²) in [6, 6.07) is -0.312. The summed E-state index contributed by atoms with van der Waals surface area (Å²) < 4.78 is 0. The van der Waals surface area contributed by atoms with Gasteiger partial charge in [0.15, 0.2) is 0 Å². The van der Waals surface area contributed by atoms with E-state index in [9.17, 15) is 4.79 Å². The molecule has 82 valence electrons. The summed E-state index contributed by atoms with van der Waals surface area (Å²) in [6.07, 6.45) is 0.781. The molecule has 1 amide bonds. The van der Waals surface area contributed by atoms with Crippen LogP contribution in [0.5, 0.6) is 0 Å². The topological polar surface area (TPSA) is 58.4 Å². The van der Waals surface area contributed by atoms with Gasteiger partial charge in [-0.2, -0.15) is 0 Å². The molecule has 0 unspecified atom stereocenters. The molecule has 4 nitrogen and oxygen atoms in total. The number of hydrogen-bond donors (Lipinski definition) is 2. The molecule has 1 aliphatic rings. The average molecular weight is 199 g/mol. The predicted molar refractivity (Wildman–Crippen MR) is 56.9 cm³/mol. The van der Waals surface area contributed by atoms with Crippen molar-refractivity contribution in [2.75, 3.05) is 26.2 Å². The third-order valence-electron chi connectivity index (χ3n) is 2.47. The lowest BCUT2D eigenvalue weighted by Crippen LogP contribution is -2.52. The Bertz CT molecular complexity index is 188. The fraction of sp³-hybridized carbons (Fsp3) is 0.900. The smallest absolute Gasteiger partial charge is 0.239 e. The van der Waals surface area contributed by atoms with Gasteiger partial charge in [0.05, 0.1) is 6.04 Å². The SMILES string of the molecule is CC(C)C[C@@H](N)C(=O)N1CCNCC1. The highest BCUT2D eigenvalue weighted by atomic mass is 16.2. The van der Waals surface area contributed by atoms with Gasteiger partial charge < -0.3 is 16.0 Å². The van der Waals surface area contributed by atoms with Crippen LogP contribution in [0.3, 0.4) is 0 Å². The van der Waals surface area contributed by atoms with Gasteiger partial charge in [-0.15, -0.1) is 0 Å². The summed E-state index contributed by atoms with van der Waals surface area (Å²) in [7, 11) is 0. The van der Waals surface area contributed by atoms with Gasteiger partial charge in [0.1, 0.15) is 0 Å². The Balaban J connectivity index is 2.38. The molecule has 0 bridgehead atoms. The average Bonchev–Trinajstić information content (AvgIpc) is 2.17. The first-order valence-electron chi connectivity index (χ1n) is 5.36. The first-order valence-corrected chi connectivity index (χ1v) is 5.36. The van der Waals surface area contributed by atoms with E-state index in [4.69, 9.17) is 5.73 Å². The molecule has 1 fully saturated rings. The predicted octanol–water partition coefficient (Wildman–Crippen LogP) is -0.208. The monoisotopic (exact) mass is 199 g/mol. The second-order valence-electron chi connectivity index (χ2n) is 4.31. The van der Waals surface area contributed by atoms with Gasteiger partial charge >= 0.3 is 0 Å². The Kier molecular flexibility index (Phi) is 4.35. The molecular formula is C10H21N3O. The van der Waals surface area contributed by atoms with E-state index in [1.807, 2.05) is 4.90 Å². The molecular weight excluding hydrogens is 178 g/mol. The lowest BCUT2D eigenvalue weighted by atomic mass is 10.0. The second kappa shape index (κ2) is 5.32. The molecule has 1 rings (SSSR count). The summed E-state index contributed by atoms with van der Waals surface area (Å²) >= 11 is 0. The molecule has 4 heteroatoms. The number of nitrogens with one attached hydrogen (secondary N) is 1. The van der Waals surface area contributed by atoms with Crippen molar-refractivity contribution < 1.29 is 4.79 Å². The Morgan fingerprint density at radius 1 is 1.43 bits per heavy atom. The number of hydrogen-bond acceptors (Lipinski definition) is 3. The molecule has 14 heavy (non-hydrogen) atoms. The van der Waals surface area contributed by atoms with Gasteiger partial charge in [0.25, 0.3) is 0 Å². The highest BCUT2D eigenvalue weighted by Crippen LogP contribution is 2.06. The van der Waals surface area contributed by atoms with Crippen molar-refractivity contribution in [1.29, 1.82) is 0 Å². The largest absolute Gasteiger partial charge is 0.339 e. The third kappa shape index (κ3) is 3.27. The van der Waals surface area contributed by atoms with Crippen LogP contribution in [0.2, 0.25) is 0 Å². The van der Waals surface area contributed by atoms with Gasteiger partial charge in [-0.1, -0.05) is 13.8 Å². The Labute approximate surface area is 85.8 Å². The number of nitrogens with two attached hydrogens (primary N) is 1. The number of carbonyl (C=O) groups is 1. The van der Waals surface area contributed by atoms with Crippen LogP contribution in [0.15, 0.2) is 0 Å². The fourth-order valence-electron chi connectivity index (χ4n) is 1.73. The zero-order valence-electron chi connectivity index (χ0n) is 9.12. The van der Waals surface area contributed by atoms with E-state index in [1.165, 1.54) is 0 Å². The van der Waals surface area contributed by atoms with Crippen molar-refractivity contribution in [3.05, 3.63) is 0 Å². The van der Waals surface area contributed by atoms with Crippen LogP contribution in [0.25, 0.3) is 0 Å². The highest BCUT2D eigenvalue weighted by molar-refractivity contribution is 5.81. The first-order chi connectivity index (χ1) is 6.61. The number of carbonyl (C=O) groups excluding carboxylic acids is 1. The Hall–Kier alpha value is -0.610. The van der Waals surface area contributed by atoms with Crippen molar-refractivity contribution in [3.63, 3.8) is 0 Å². The summed E-state index contributed by atoms with van der Waals surface area (Å²) in [5.41, 5.74) is 5.84. The quantitative estimate of drug-likeness (QED) is 0.661. The maximum atomic E-state index is 11.8. The standard InChI is InChI=1S/C10H21N3O/c1-8(2)7-9(11)10(14)13-5-3-12-4-6-13/h8-9,12H,3-7,11H2,1-2H3/t9-/m1/s1. The molecule has 1 heterocycles. The molecule has 0 aliphatic carbocycles. The lowest BCUT2D eigenvalue weighted by molar-refractivity contribution is -0.133. The molecule has 0 saturated carbocycles. The summed E-state index contributed by atoms with van der Waals surface area (Å²) in [5.74, 6) is 0.595. The van der Waals surface area contributed by atoms with E-state index in [0.717, 1.165) is 32.6 Å². The molecule has 0 aromatic heterocycles. The van der Waals surface area contributed by atoms with Crippen LogP contribution in [0.1, 0.15) is 20.3 Å². The first kappa shape index (κ1) is 11.5. The summed E-state index contributed by atoms with van der Waals surface area (Å²) in [6.45, 7) is 7.55. The van der Waals surface area contributed by atoms with E-state index in [1.54, 1.807) is 0 Å². The maximum absolute atomic E-state index is 11.8. The molecule has 0 aromatic carbocycles. The molecule has 3 N–H and O–H groups in total. The number of rotatable bonds is 3. The van der Waals surface area contributed by atoms with Crippen LogP contribution >= 0.6 is 0 Å². The van der Waals surface area contributed by atoms with Crippen LogP contribution in [-0.4, -0.2) is 43.0 Å². The minimum Gasteiger partial charge on any atom is -0.339 e. The van der Waals surface area contributed by atoms with Crippen molar-refractivity contribution in [3.8, 4) is 0 Å². The lowest BCUT2D eigenvalue weighted by Gasteiger charge is -2.30. The van der Waals surface area contributed by atoms with E-state index in [0.29, 0.717) is 5.92 Å². The zero-order chi connectivity index (χ0) is 10.6. The van der Waals surface area contributed by atoms with Crippen molar-refractivity contribution in [2.45, 2.75) is 26.3 Å². The van der Waals surface area contributed by atoms with Crippen molar-refractivity contribution in [1.82, 2.24) is 10.2 Å². The number of piperazine rings is 1. The number of nitrogens with zero attached hydrogens (tertiary/aromatic N) is 1. The molecule has 0 radical (unpaired) electrons. The molecule has 1 atom stereocenters. The second-order valence-corrected chi connectivity index (χ2v) is 4.31. The van der Waals surface area contributed by atoms with Crippen LogP contribution in [0, 0.1) is 5.92 Å². The van der Waals surface area contributed by atoms with Gasteiger partial charge in [0, 0.05) is 26.2 Å². The normalized spacial score (nSPS) is 19.9. The van der Waals surface area contributed by atoms with Crippen molar-refractivity contribution >= 4 is 5.91 Å². The van der Waals surface area contributed by atoms with E-state index in [2.05, 4.69) is 19.2 Å².